The van der Waals surface area contributed by atoms with E-state index in [2.05, 4.69) is 110 Å². The Morgan fingerprint density at radius 3 is 1.36 bits per heavy atom. The van der Waals surface area contributed by atoms with Gasteiger partial charge in [-0.15, -0.1) is 69.1 Å². The van der Waals surface area contributed by atoms with E-state index in [1.54, 1.807) is 23.3 Å². The van der Waals surface area contributed by atoms with E-state index in [4.69, 9.17) is 0 Å². The van der Waals surface area contributed by atoms with E-state index in [1.165, 1.54) is 56.6 Å². The van der Waals surface area contributed by atoms with Gasteiger partial charge in [0.05, 0.1) is 11.4 Å². The molecule has 0 saturated heterocycles. The van der Waals surface area contributed by atoms with Crippen molar-refractivity contribution in [1.29, 1.82) is 0 Å². The van der Waals surface area contributed by atoms with Crippen molar-refractivity contribution in [2.24, 2.45) is 0 Å². The maximum absolute atomic E-state index is 4.45. The number of fused-ring (bicyclic) bond motifs is 2. The molecule has 6 rings (SSSR count). The standard InChI is InChI=1S/2C17H16N.C2H6Si.2ClH.Zr/c2*1-2-6-13-11-14-7-5-8-15(16(14)12-13)17-9-3-4-10-18-17;1-3-2;;;/h2*3-5,7-12H,2,6H2,1H3;1-2H3;2*1H;/q2*-1;;;;+2/p-2. The first-order chi connectivity index (χ1) is 19.5. The van der Waals surface area contributed by atoms with E-state index in [9.17, 15) is 0 Å². The van der Waals surface area contributed by atoms with Crippen LogP contribution in [0, 0.1) is 0 Å². The van der Waals surface area contributed by atoms with Crippen LogP contribution in [-0.2, 0) is 36.2 Å². The van der Waals surface area contributed by atoms with Gasteiger partial charge in [0.2, 0.25) is 0 Å². The monoisotopic (exact) mass is 686 g/mol. The molecule has 0 fully saturated rings. The smallest absolute Gasteiger partial charge is 1.00 e. The van der Waals surface area contributed by atoms with Gasteiger partial charge in [-0.3, -0.25) is 9.97 Å². The Labute approximate surface area is 278 Å². The average molecular weight is 689 g/mol. The summed E-state index contributed by atoms with van der Waals surface area (Å²) in [5.74, 6) is 0. The van der Waals surface area contributed by atoms with E-state index >= 15 is 0 Å². The topological polar surface area (TPSA) is 25.8 Å². The van der Waals surface area contributed by atoms with E-state index in [-0.39, 0.29) is 30.2 Å². The summed E-state index contributed by atoms with van der Waals surface area (Å²) in [5.41, 5.74) is 7.63. The maximum Gasteiger partial charge on any atom is -1.00 e. The predicted molar refractivity (Wildman–Crippen MR) is 171 cm³/mol. The van der Waals surface area contributed by atoms with Crippen LogP contribution < -0.4 is 24.8 Å². The van der Waals surface area contributed by atoms with Gasteiger partial charge in [0, 0.05) is 12.4 Å². The Hall–Kier alpha value is -2.36. The number of rotatable bonds is 6. The van der Waals surface area contributed by atoms with Gasteiger partial charge >= 0.3 is 41.9 Å². The molecule has 0 amide bonds. The van der Waals surface area contributed by atoms with Crippen molar-refractivity contribution >= 4 is 27.0 Å². The Kier molecular flexibility index (Phi) is 15.6. The largest absolute Gasteiger partial charge is 1.00 e. The normalized spacial score (nSPS) is 10.0. The molecule has 2 heterocycles. The van der Waals surface area contributed by atoms with Gasteiger partial charge < -0.3 is 24.8 Å². The molecule has 42 heavy (non-hydrogen) atoms. The van der Waals surface area contributed by atoms with Crippen LogP contribution in [-0.4, -0.2) is 15.4 Å². The van der Waals surface area contributed by atoms with Crippen molar-refractivity contribution in [1.82, 2.24) is 9.97 Å². The minimum atomic E-state index is 0. The van der Waals surface area contributed by atoms with Gasteiger partial charge in [-0.1, -0.05) is 51.0 Å². The van der Waals surface area contributed by atoms with Crippen molar-refractivity contribution in [3.8, 4) is 22.5 Å². The second kappa shape index (κ2) is 18.3. The zero-order chi connectivity index (χ0) is 28.3. The zero-order valence-electron chi connectivity index (χ0n) is 24.9. The van der Waals surface area contributed by atoms with Gasteiger partial charge in [0.25, 0.3) is 0 Å². The molecule has 0 aliphatic rings. The average Bonchev–Trinajstić information content (AvgIpc) is 3.57. The summed E-state index contributed by atoms with van der Waals surface area (Å²) in [6, 6.07) is 34.2. The van der Waals surface area contributed by atoms with Crippen LogP contribution in [0.5, 0.6) is 0 Å². The predicted octanol–water partition coefficient (Wildman–Crippen LogP) is 3.94. The number of benzene rings is 2. The van der Waals surface area contributed by atoms with Gasteiger partial charge in [-0.05, 0) is 48.2 Å². The summed E-state index contributed by atoms with van der Waals surface area (Å²) < 4.78 is 0. The number of aromatic nitrogens is 2. The summed E-state index contributed by atoms with van der Waals surface area (Å²) in [5, 5.41) is 5.28. The van der Waals surface area contributed by atoms with Crippen molar-refractivity contribution in [2.75, 3.05) is 0 Å². The molecular weight excluding hydrogens is 651 g/mol. The fourth-order valence-corrected chi connectivity index (χ4v) is 4.95. The molecule has 0 unspecified atom stereocenters. The Morgan fingerprint density at radius 1 is 0.619 bits per heavy atom. The fourth-order valence-electron chi connectivity index (χ4n) is 4.95. The molecule has 0 aliphatic carbocycles. The molecule has 2 aromatic heterocycles. The molecule has 0 aliphatic heterocycles. The van der Waals surface area contributed by atoms with E-state index < -0.39 is 0 Å². The number of aryl methyl sites for hydroxylation is 2. The number of halogens is 2. The van der Waals surface area contributed by atoms with E-state index in [0.717, 1.165) is 24.2 Å². The number of nitrogens with zero attached hydrogens (tertiary/aromatic N) is 2. The molecular formula is C36H38Cl2N2SiZr-2. The number of hydrogen-bond acceptors (Lipinski definition) is 2. The molecule has 6 aromatic rings. The Bertz CT molecular complexity index is 1540. The summed E-state index contributed by atoms with van der Waals surface area (Å²) in [7, 11) is 0. The number of hydrogen-bond donors (Lipinski definition) is 0. The van der Waals surface area contributed by atoms with Crippen molar-refractivity contribution in [2.45, 2.75) is 52.6 Å². The minimum Gasteiger partial charge on any atom is -1.00 e. The second-order valence-corrected chi connectivity index (χ2v) is 19.6. The van der Waals surface area contributed by atoms with Crippen LogP contribution in [0.4, 0.5) is 0 Å². The third-order valence-corrected chi connectivity index (χ3v) is 6.58. The molecule has 0 N–H and O–H groups in total. The summed E-state index contributed by atoms with van der Waals surface area (Å²) in [6.07, 6.45) is 8.38. The number of pyridine rings is 2. The molecule has 0 bridgehead atoms. The Morgan fingerprint density at radius 2 is 1.02 bits per heavy atom. The molecule has 4 aromatic carbocycles. The summed E-state index contributed by atoms with van der Waals surface area (Å²) in [4.78, 5) is 8.91. The van der Waals surface area contributed by atoms with Gasteiger partial charge in [0.15, 0.2) is 0 Å². The maximum atomic E-state index is 4.45. The third kappa shape index (κ3) is 9.85. The van der Waals surface area contributed by atoms with Gasteiger partial charge in [-0.25, -0.2) is 0 Å². The van der Waals surface area contributed by atoms with Crippen LogP contribution in [0.3, 0.4) is 0 Å². The van der Waals surface area contributed by atoms with Crippen molar-refractivity contribution in [3.63, 3.8) is 0 Å². The SMILES string of the molecule is CCCc1cc2c(-c3ccccn3)cccc2[cH-]1.CCCc1cc2c(-c3ccccn3)cccc2[cH-]1.C[Si](C)=[Zr+2].[Cl-].[Cl-]. The van der Waals surface area contributed by atoms with Crippen LogP contribution in [0.2, 0.25) is 13.1 Å². The molecule has 0 atom stereocenters. The first-order valence-electron chi connectivity index (χ1n) is 14.2. The first kappa shape index (κ1) is 35.8. The molecule has 2 nitrogen and oxygen atoms in total. The summed E-state index contributed by atoms with van der Waals surface area (Å²) >= 11 is 1.74. The van der Waals surface area contributed by atoms with E-state index in [0.29, 0.717) is 0 Å². The van der Waals surface area contributed by atoms with Gasteiger partial charge in [-0.2, -0.15) is 12.1 Å². The first-order valence-corrected chi connectivity index (χ1v) is 20.4. The zero-order valence-corrected chi connectivity index (χ0v) is 29.8. The van der Waals surface area contributed by atoms with Crippen LogP contribution in [0.25, 0.3) is 44.1 Å². The van der Waals surface area contributed by atoms with Gasteiger partial charge in [0.1, 0.15) is 0 Å². The second-order valence-electron chi connectivity index (χ2n) is 10.3. The molecule has 0 saturated carbocycles. The Balaban J connectivity index is 0.000000250. The van der Waals surface area contributed by atoms with Crippen LogP contribution in [0.1, 0.15) is 37.8 Å². The van der Waals surface area contributed by atoms with Crippen LogP contribution >= 0.6 is 0 Å². The van der Waals surface area contributed by atoms with E-state index in [1.807, 2.05) is 36.7 Å². The molecule has 0 radical (unpaired) electrons. The summed E-state index contributed by atoms with van der Waals surface area (Å²) in [6.45, 7) is 9.06. The fraction of sp³-hybridized carbons (Fsp3) is 0.222. The third-order valence-electron chi connectivity index (χ3n) is 6.58. The molecule has 216 valence electrons. The van der Waals surface area contributed by atoms with Crippen molar-refractivity contribution in [3.05, 3.63) is 121 Å². The molecule has 6 heteroatoms. The minimum absolute atomic E-state index is 0. The quantitative estimate of drug-likeness (QED) is 0.196. The van der Waals surface area contributed by atoms with Crippen LogP contribution in [0.15, 0.2) is 109 Å². The van der Waals surface area contributed by atoms with Crippen molar-refractivity contribution < 1.29 is 48.1 Å². The molecule has 0 spiro atoms.